The molecule has 1 saturated heterocycles. The molecule has 1 aliphatic heterocycles. The van der Waals surface area contributed by atoms with Crippen LogP contribution in [-0.4, -0.2) is 52.5 Å². The molecule has 6 nitrogen and oxygen atoms in total. The Hall–Kier alpha value is -2.95. The maximum Gasteiger partial charge on any atom is 0.416 e. The first-order chi connectivity index (χ1) is 18.9. The minimum atomic E-state index is -4.75. The number of piperidine rings is 1. The second-order valence-corrected chi connectivity index (χ2v) is 12.4. The fourth-order valence-corrected chi connectivity index (χ4v) is 6.48. The van der Waals surface area contributed by atoms with E-state index in [4.69, 9.17) is 23.2 Å². The lowest BCUT2D eigenvalue weighted by Gasteiger charge is -2.35. The Morgan fingerprint density at radius 3 is 2.20 bits per heavy atom. The second kappa shape index (κ2) is 12.3. The molecule has 0 aromatic heterocycles. The molecule has 3 aromatic carbocycles. The number of likely N-dealkylation sites (N-methyl/N-ethyl adjacent to an activating group) is 1. The summed E-state index contributed by atoms with van der Waals surface area (Å²) in [5.74, 6) is -0.385. The van der Waals surface area contributed by atoms with Crippen LogP contribution in [0, 0.1) is 5.92 Å². The maximum atomic E-state index is 13.6. The van der Waals surface area contributed by atoms with Gasteiger partial charge in [0.25, 0.3) is 10.0 Å². The summed E-state index contributed by atoms with van der Waals surface area (Å²) in [6.45, 7) is 1.28. The highest BCUT2D eigenvalue weighted by molar-refractivity contribution is 7.92. The number of sulfonamides is 1. The smallest absolute Gasteiger partial charge is 0.372 e. The Bertz CT molecular complexity index is 1430. The third-order valence-corrected chi connectivity index (χ3v) is 9.26. The van der Waals surface area contributed by atoms with Crippen molar-refractivity contribution in [2.45, 2.75) is 23.9 Å². The highest BCUT2D eigenvalue weighted by Gasteiger charge is 2.35. The summed E-state index contributed by atoms with van der Waals surface area (Å²) in [5.41, 5.74) is -0.398. The second-order valence-electron chi connectivity index (χ2n) is 9.67. The van der Waals surface area contributed by atoms with Crippen LogP contribution in [0.1, 0.15) is 18.4 Å². The van der Waals surface area contributed by atoms with Crippen molar-refractivity contribution >= 4 is 50.5 Å². The van der Waals surface area contributed by atoms with E-state index in [9.17, 15) is 26.4 Å². The number of rotatable bonds is 8. The fraction of sp³-hybridized carbons (Fsp3) is 0.321. The predicted octanol–water partition coefficient (Wildman–Crippen LogP) is 6.58. The average Bonchev–Trinajstić information content (AvgIpc) is 2.92. The molecule has 0 spiro atoms. The first-order valence-corrected chi connectivity index (χ1v) is 14.7. The lowest BCUT2D eigenvalue weighted by Crippen LogP contribution is -2.44. The van der Waals surface area contributed by atoms with E-state index in [1.165, 1.54) is 29.2 Å². The molecular formula is C28H28Cl2F3N3O3S. The van der Waals surface area contributed by atoms with Gasteiger partial charge in [0.1, 0.15) is 6.54 Å². The molecule has 0 aliphatic carbocycles. The van der Waals surface area contributed by atoms with Gasteiger partial charge in [-0.15, -0.1) is 0 Å². The van der Waals surface area contributed by atoms with Crippen molar-refractivity contribution in [3.05, 3.63) is 88.4 Å². The lowest BCUT2D eigenvalue weighted by atomic mass is 9.96. The highest BCUT2D eigenvalue weighted by atomic mass is 35.5. The molecule has 12 heteroatoms. The van der Waals surface area contributed by atoms with Crippen LogP contribution in [-0.2, 0) is 21.0 Å². The van der Waals surface area contributed by atoms with E-state index in [-0.39, 0.29) is 20.9 Å². The molecule has 0 saturated carbocycles. The van der Waals surface area contributed by atoms with Gasteiger partial charge in [0.05, 0.1) is 21.2 Å². The zero-order valence-corrected chi connectivity index (χ0v) is 23.9. The number of para-hydroxylation sites is 1. The van der Waals surface area contributed by atoms with E-state index in [0.29, 0.717) is 16.9 Å². The van der Waals surface area contributed by atoms with Crippen LogP contribution in [0.15, 0.2) is 77.7 Å². The van der Waals surface area contributed by atoms with Gasteiger partial charge >= 0.3 is 6.18 Å². The molecule has 1 heterocycles. The molecule has 0 unspecified atom stereocenters. The van der Waals surface area contributed by atoms with E-state index in [1.807, 2.05) is 30.3 Å². The number of amides is 1. The number of carbonyl (C=O) groups excluding carboxylic acids is 1. The summed E-state index contributed by atoms with van der Waals surface area (Å²) >= 11 is 12.1. The van der Waals surface area contributed by atoms with E-state index >= 15 is 0 Å². The van der Waals surface area contributed by atoms with Crippen molar-refractivity contribution in [3.8, 4) is 0 Å². The fourth-order valence-electron chi connectivity index (χ4n) is 4.66. The molecule has 0 N–H and O–H groups in total. The summed E-state index contributed by atoms with van der Waals surface area (Å²) in [7, 11) is -2.92. The normalized spacial score (nSPS) is 14.7. The Morgan fingerprint density at radius 1 is 0.975 bits per heavy atom. The summed E-state index contributed by atoms with van der Waals surface area (Å²) in [6, 6.07) is 17.5. The zero-order chi connectivity index (χ0) is 29.1. The molecule has 0 atom stereocenters. The van der Waals surface area contributed by atoms with E-state index in [2.05, 4.69) is 4.90 Å². The molecule has 1 amide bonds. The minimum Gasteiger partial charge on any atom is -0.372 e. The number of alkyl halides is 3. The summed E-state index contributed by atoms with van der Waals surface area (Å²) in [6.07, 6.45) is -3.08. The number of nitrogens with zero attached hydrogens (tertiary/aromatic N) is 3. The summed E-state index contributed by atoms with van der Waals surface area (Å²) in [4.78, 5) is 16.8. The molecular weight excluding hydrogens is 586 g/mol. The number of hydrogen-bond donors (Lipinski definition) is 0. The molecule has 1 fully saturated rings. The number of carbonyl (C=O) groups is 1. The van der Waals surface area contributed by atoms with Crippen LogP contribution in [0.25, 0.3) is 0 Å². The summed E-state index contributed by atoms with van der Waals surface area (Å²) < 4.78 is 68.4. The zero-order valence-electron chi connectivity index (χ0n) is 21.6. The topological polar surface area (TPSA) is 60.9 Å². The molecule has 40 heavy (non-hydrogen) atoms. The molecule has 3 aromatic rings. The number of benzene rings is 3. The molecule has 4 rings (SSSR count). The van der Waals surface area contributed by atoms with Gasteiger partial charge in [-0.3, -0.25) is 9.10 Å². The van der Waals surface area contributed by atoms with E-state index < -0.39 is 39.9 Å². The van der Waals surface area contributed by atoms with Crippen molar-refractivity contribution in [3.63, 3.8) is 0 Å². The Morgan fingerprint density at radius 2 is 1.60 bits per heavy atom. The van der Waals surface area contributed by atoms with Crippen LogP contribution in [0.3, 0.4) is 0 Å². The first kappa shape index (κ1) is 30.0. The van der Waals surface area contributed by atoms with Gasteiger partial charge in [-0.25, -0.2) is 8.42 Å². The molecule has 1 aliphatic rings. The van der Waals surface area contributed by atoms with Crippen LogP contribution in [0.2, 0.25) is 10.0 Å². The van der Waals surface area contributed by atoms with Crippen molar-refractivity contribution in [1.82, 2.24) is 4.90 Å². The third kappa shape index (κ3) is 7.03. The lowest BCUT2D eigenvalue weighted by molar-refractivity contribution is -0.137. The molecule has 0 radical (unpaired) electrons. The first-order valence-electron chi connectivity index (χ1n) is 12.6. The van der Waals surface area contributed by atoms with Gasteiger partial charge in [-0.05, 0) is 73.4 Å². The van der Waals surface area contributed by atoms with Crippen LogP contribution in [0.4, 0.5) is 24.5 Å². The molecule has 214 valence electrons. The van der Waals surface area contributed by atoms with Gasteiger partial charge in [0.2, 0.25) is 5.91 Å². The van der Waals surface area contributed by atoms with Crippen LogP contribution < -0.4 is 9.21 Å². The third-order valence-electron chi connectivity index (χ3n) is 6.92. The number of halogens is 5. The number of hydrogen-bond acceptors (Lipinski definition) is 4. The SMILES string of the molecule is CN(CC1CCN(c2ccccc2)CC1)C(=O)CN(c1cc(C(F)(F)F)ccc1Cl)S(=O)(=O)c1ccc(Cl)cc1. The van der Waals surface area contributed by atoms with Gasteiger partial charge < -0.3 is 9.80 Å². The Balaban J connectivity index is 1.55. The van der Waals surface area contributed by atoms with Crippen LogP contribution in [0.5, 0.6) is 0 Å². The molecule has 0 bridgehead atoms. The van der Waals surface area contributed by atoms with Gasteiger partial charge in [-0.1, -0.05) is 41.4 Å². The van der Waals surface area contributed by atoms with E-state index in [1.54, 1.807) is 7.05 Å². The van der Waals surface area contributed by atoms with Gasteiger partial charge in [0, 0.05) is 37.4 Å². The maximum absolute atomic E-state index is 13.6. The quantitative estimate of drug-likeness (QED) is 0.288. The van der Waals surface area contributed by atoms with Gasteiger partial charge in [0.15, 0.2) is 0 Å². The van der Waals surface area contributed by atoms with Crippen molar-refractivity contribution in [1.29, 1.82) is 0 Å². The number of anilines is 2. The van der Waals surface area contributed by atoms with Gasteiger partial charge in [-0.2, -0.15) is 13.2 Å². The minimum absolute atomic E-state index is 0.187. The monoisotopic (exact) mass is 613 g/mol. The predicted molar refractivity (Wildman–Crippen MR) is 151 cm³/mol. The summed E-state index contributed by atoms with van der Waals surface area (Å²) in [5, 5.41) is 0.0333. The van der Waals surface area contributed by atoms with Crippen molar-refractivity contribution in [2.75, 3.05) is 42.4 Å². The Kier molecular flexibility index (Phi) is 9.22. The van der Waals surface area contributed by atoms with Crippen molar-refractivity contribution < 1.29 is 26.4 Å². The Labute approximate surface area is 241 Å². The van der Waals surface area contributed by atoms with E-state index in [0.717, 1.165) is 43.8 Å². The van der Waals surface area contributed by atoms with Crippen molar-refractivity contribution in [2.24, 2.45) is 5.92 Å². The standard InChI is InChI=1S/C28H28Cl2F3N3O3S/c1-34(18-20-13-15-35(16-14-20)23-5-3-2-4-6-23)27(37)19-36(40(38,39)24-10-8-22(29)9-11-24)26-17-21(28(31,32)33)7-12-25(26)30/h2-12,17,20H,13-16,18-19H2,1H3. The van der Waals surface area contributed by atoms with Crippen LogP contribution >= 0.6 is 23.2 Å². The highest BCUT2D eigenvalue weighted by Crippen LogP contribution is 2.37. The average molecular weight is 615 g/mol. The largest absolute Gasteiger partial charge is 0.416 e.